The second kappa shape index (κ2) is 6.58. The Kier molecular flexibility index (Phi) is 4.55. The zero-order valence-electron chi connectivity index (χ0n) is 21.0. The van der Waals surface area contributed by atoms with E-state index in [2.05, 4.69) is 39.8 Å². The van der Waals surface area contributed by atoms with E-state index in [9.17, 15) is 19.5 Å². The van der Waals surface area contributed by atoms with Crippen LogP contribution in [0.5, 0.6) is 0 Å². The monoisotopic (exact) mass is 450 g/mol. The highest BCUT2D eigenvalue weighted by Gasteiger charge is 2.67. The highest BCUT2D eigenvalue weighted by Crippen LogP contribution is 2.75. The van der Waals surface area contributed by atoms with Gasteiger partial charge in [0.15, 0.2) is 0 Å². The van der Waals surface area contributed by atoms with Crippen molar-refractivity contribution in [2.45, 2.75) is 86.5 Å². The molecule has 3 fully saturated rings. The van der Waals surface area contributed by atoms with Crippen LogP contribution in [0.15, 0.2) is 34.9 Å². The lowest BCUT2D eigenvalue weighted by atomic mass is 9.34. The van der Waals surface area contributed by atoms with Gasteiger partial charge in [0.25, 0.3) is 0 Å². The van der Waals surface area contributed by atoms with Crippen LogP contribution in [0.2, 0.25) is 0 Å². The predicted molar refractivity (Wildman–Crippen MR) is 127 cm³/mol. The molecule has 0 aromatic heterocycles. The van der Waals surface area contributed by atoms with E-state index in [1.54, 1.807) is 6.08 Å². The van der Waals surface area contributed by atoms with Gasteiger partial charge in [-0.3, -0.25) is 14.4 Å². The molecule has 0 saturated heterocycles. The van der Waals surface area contributed by atoms with Crippen molar-refractivity contribution in [1.82, 2.24) is 0 Å². The molecular weight excluding hydrogens is 412 g/mol. The summed E-state index contributed by atoms with van der Waals surface area (Å²) in [5.41, 5.74) is 2.64. The lowest BCUT2D eigenvalue weighted by Gasteiger charge is -2.70. The Morgan fingerprint density at radius 3 is 2.27 bits per heavy atom. The molecule has 0 unspecified atom stereocenters. The van der Waals surface area contributed by atoms with Crippen LogP contribution in [0.1, 0.15) is 86.5 Å². The second-order valence-corrected chi connectivity index (χ2v) is 13.1. The van der Waals surface area contributed by atoms with E-state index in [4.69, 9.17) is 0 Å². The molecule has 0 aliphatic heterocycles. The van der Waals surface area contributed by atoms with Gasteiger partial charge in [-0.25, -0.2) is 0 Å². The van der Waals surface area contributed by atoms with Gasteiger partial charge in [0.2, 0.25) is 11.6 Å². The number of carboxylic acids is 1. The number of allylic oxidation sites excluding steroid dienone is 6. The van der Waals surface area contributed by atoms with E-state index in [-0.39, 0.29) is 39.1 Å². The number of carboxylic acid groups (broad SMARTS) is 1. The number of carbonyl (C=O) groups is 3. The Balaban J connectivity index is 1.64. The van der Waals surface area contributed by atoms with E-state index in [1.165, 1.54) is 5.57 Å². The van der Waals surface area contributed by atoms with Gasteiger partial charge in [0.05, 0.1) is 5.41 Å². The summed E-state index contributed by atoms with van der Waals surface area (Å²) in [6.45, 7) is 13.3. The van der Waals surface area contributed by atoms with Gasteiger partial charge < -0.3 is 5.11 Å². The van der Waals surface area contributed by atoms with Crippen molar-refractivity contribution in [2.24, 2.45) is 38.9 Å². The molecule has 5 aliphatic rings. The number of carbonyl (C=O) groups excluding carboxylic acids is 2. The number of fused-ring (bicyclic) bond motifs is 7. The van der Waals surface area contributed by atoms with E-state index < -0.39 is 11.4 Å². The van der Waals surface area contributed by atoms with Gasteiger partial charge in [-0.1, -0.05) is 52.3 Å². The lowest BCUT2D eigenvalue weighted by Crippen LogP contribution is -2.62. The van der Waals surface area contributed by atoms with Gasteiger partial charge >= 0.3 is 5.97 Å². The maximum absolute atomic E-state index is 12.5. The average molecular weight is 451 g/mol. The third kappa shape index (κ3) is 2.67. The quantitative estimate of drug-likeness (QED) is 0.492. The molecule has 4 heteroatoms. The number of hydrogen-bond donors (Lipinski definition) is 1. The Labute approximate surface area is 197 Å². The molecule has 1 N–H and O–H groups in total. The fourth-order valence-corrected chi connectivity index (χ4v) is 8.78. The first-order valence-electron chi connectivity index (χ1n) is 12.7. The van der Waals surface area contributed by atoms with Crippen molar-refractivity contribution in [3.63, 3.8) is 0 Å². The van der Waals surface area contributed by atoms with Gasteiger partial charge in [-0.05, 0) is 91.3 Å². The third-order valence-corrected chi connectivity index (χ3v) is 11.5. The number of rotatable bonds is 1. The van der Waals surface area contributed by atoms with Gasteiger partial charge in [-0.2, -0.15) is 0 Å². The number of ketones is 2. The molecule has 0 heterocycles. The van der Waals surface area contributed by atoms with Crippen LogP contribution >= 0.6 is 0 Å². The molecule has 0 aromatic rings. The van der Waals surface area contributed by atoms with Crippen molar-refractivity contribution in [3.05, 3.63) is 34.9 Å². The number of aliphatic carboxylic acids is 1. The lowest BCUT2D eigenvalue weighted by molar-refractivity contribution is -0.178. The molecule has 5 aliphatic carbocycles. The van der Waals surface area contributed by atoms with E-state index in [0.717, 1.165) is 56.1 Å². The van der Waals surface area contributed by atoms with Crippen LogP contribution in [-0.4, -0.2) is 22.6 Å². The summed E-state index contributed by atoms with van der Waals surface area (Å²) in [6.07, 6.45) is 12.6. The molecule has 0 radical (unpaired) electrons. The summed E-state index contributed by atoms with van der Waals surface area (Å²) in [5.74, 6) is -1.36. The minimum absolute atomic E-state index is 0.00547. The first-order chi connectivity index (χ1) is 15.2. The van der Waals surface area contributed by atoms with Gasteiger partial charge in [-0.15, -0.1) is 0 Å². The topological polar surface area (TPSA) is 71.4 Å². The normalized spacial score (nSPS) is 49.0. The van der Waals surface area contributed by atoms with E-state index >= 15 is 0 Å². The Morgan fingerprint density at radius 2 is 1.61 bits per heavy atom. The fourth-order valence-electron chi connectivity index (χ4n) is 8.78. The number of Topliss-reactive ketones (excluding diaryl/α,β-unsaturated/α-hetero) is 1. The molecule has 5 rings (SSSR count). The van der Waals surface area contributed by atoms with Crippen LogP contribution in [0.3, 0.4) is 0 Å². The zero-order chi connectivity index (χ0) is 24.2. The predicted octanol–water partition coefficient (Wildman–Crippen LogP) is 6.07. The molecule has 7 atom stereocenters. The standard InChI is InChI=1S/C29H38O4/c1-17-18-7-8-21-27(4,19(18)15-20(30)23(17)31)12-14-29(6)22-16-26(3,24(32)33)10-9-25(22,2)11-13-28(21,29)5/h7-8,15,17,22H,9-14,16H2,1-6H3,(H,32,33)/t17-,22-,25-,26-,27+,28-,29+/m1/s1. The summed E-state index contributed by atoms with van der Waals surface area (Å²) < 4.78 is 0. The Bertz CT molecular complexity index is 1080. The fraction of sp³-hybridized carbons (Fsp3) is 0.690. The molecule has 4 nitrogen and oxygen atoms in total. The molecule has 0 aromatic carbocycles. The van der Waals surface area contributed by atoms with Crippen molar-refractivity contribution in [3.8, 4) is 0 Å². The zero-order valence-corrected chi connectivity index (χ0v) is 21.0. The average Bonchev–Trinajstić information content (AvgIpc) is 2.75. The van der Waals surface area contributed by atoms with Crippen LogP contribution in [0.25, 0.3) is 0 Å². The maximum atomic E-state index is 12.5. The van der Waals surface area contributed by atoms with Crippen LogP contribution < -0.4 is 0 Å². The molecule has 0 bridgehead atoms. The van der Waals surface area contributed by atoms with Crippen LogP contribution in [0.4, 0.5) is 0 Å². The van der Waals surface area contributed by atoms with E-state index in [0.29, 0.717) is 5.92 Å². The molecule has 0 amide bonds. The number of hydrogen-bond acceptors (Lipinski definition) is 3. The molecule has 0 spiro atoms. The van der Waals surface area contributed by atoms with E-state index in [1.807, 2.05) is 13.8 Å². The highest BCUT2D eigenvalue weighted by molar-refractivity contribution is 6.44. The first kappa shape index (κ1) is 22.8. The van der Waals surface area contributed by atoms with Gasteiger partial charge in [0.1, 0.15) is 0 Å². The van der Waals surface area contributed by atoms with Crippen molar-refractivity contribution in [2.75, 3.05) is 0 Å². The smallest absolute Gasteiger partial charge is 0.309 e. The first-order valence-corrected chi connectivity index (χ1v) is 12.7. The maximum Gasteiger partial charge on any atom is 0.309 e. The van der Waals surface area contributed by atoms with Crippen molar-refractivity contribution >= 4 is 17.5 Å². The molecule has 3 saturated carbocycles. The summed E-state index contributed by atoms with van der Waals surface area (Å²) >= 11 is 0. The Hall–Kier alpha value is -1.97. The van der Waals surface area contributed by atoms with Crippen molar-refractivity contribution < 1.29 is 19.5 Å². The van der Waals surface area contributed by atoms with Crippen LogP contribution in [0, 0.1) is 38.9 Å². The molecule has 178 valence electrons. The molecule has 33 heavy (non-hydrogen) atoms. The third-order valence-electron chi connectivity index (χ3n) is 11.5. The summed E-state index contributed by atoms with van der Waals surface area (Å²) in [6, 6.07) is 0. The summed E-state index contributed by atoms with van der Waals surface area (Å²) in [5, 5.41) is 10.1. The highest BCUT2D eigenvalue weighted by atomic mass is 16.4. The van der Waals surface area contributed by atoms with Gasteiger partial charge in [0, 0.05) is 11.3 Å². The minimum Gasteiger partial charge on any atom is -0.481 e. The Morgan fingerprint density at radius 1 is 0.939 bits per heavy atom. The van der Waals surface area contributed by atoms with Crippen molar-refractivity contribution in [1.29, 1.82) is 0 Å². The van der Waals surface area contributed by atoms with Crippen LogP contribution in [-0.2, 0) is 14.4 Å². The summed E-state index contributed by atoms with van der Waals surface area (Å²) in [4.78, 5) is 37.2. The largest absolute Gasteiger partial charge is 0.481 e. The second-order valence-electron chi connectivity index (χ2n) is 13.1. The minimum atomic E-state index is -0.658. The molecular formula is C29H38O4. The SMILES string of the molecule is C[C@H]1C(=O)C(=O)C=C2C1=CC=C1[C@@]2(C)CC[C@@]2(C)[C@@H]3C[C@](C)(C(=O)O)CC[C@]3(C)CC[C@]12C. The summed E-state index contributed by atoms with van der Waals surface area (Å²) in [7, 11) is 0.